The third kappa shape index (κ3) is 6.57. The molecule has 0 amide bonds. The number of hydrogen-bond acceptors (Lipinski definition) is 2. The highest BCUT2D eigenvalue weighted by Gasteiger charge is 2.40. The number of aryl methyl sites for hydroxylation is 1. The topological polar surface area (TPSA) is 18.5 Å². The summed E-state index contributed by atoms with van der Waals surface area (Å²) in [5.41, 5.74) is 1.80. The van der Waals surface area contributed by atoms with Gasteiger partial charge in [-0.3, -0.25) is 8.37 Å². The van der Waals surface area contributed by atoms with Crippen LogP contribution in [0.25, 0.3) is 0 Å². The van der Waals surface area contributed by atoms with Crippen molar-refractivity contribution < 1.29 is 12.8 Å². The first-order valence-electron chi connectivity index (χ1n) is 11.3. The molecular weight excluding hydrogens is 395 g/mol. The zero-order chi connectivity index (χ0) is 21.9. The van der Waals surface area contributed by atoms with Crippen LogP contribution in [0, 0.1) is 11.2 Å². The second-order valence-electron chi connectivity index (χ2n) is 8.20. The molecule has 0 radical (unpaired) electrons. The van der Waals surface area contributed by atoms with E-state index < -0.39 is 10.6 Å². The van der Waals surface area contributed by atoms with Crippen molar-refractivity contribution in [1.29, 1.82) is 0 Å². The quantitative estimate of drug-likeness (QED) is 0.418. The van der Waals surface area contributed by atoms with Gasteiger partial charge in [0, 0.05) is 5.75 Å². The van der Waals surface area contributed by atoms with E-state index in [1.165, 1.54) is 67.5 Å². The van der Waals surface area contributed by atoms with Crippen molar-refractivity contribution >= 4 is 10.6 Å². The van der Waals surface area contributed by atoms with Gasteiger partial charge in [0.05, 0.1) is 19.1 Å². The third-order valence-electron chi connectivity index (χ3n) is 6.12. The molecule has 4 heteroatoms. The molecule has 0 aromatic heterocycles. The van der Waals surface area contributed by atoms with E-state index in [1.807, 2.05) is 14.2 Å². The van der Waals surface area contributed by atoms with Gasteiger partial charge in [-0.2, -0.15) is 10.6 Å². The highest BCUT2D eigenvalue weighted by atomic mass is 32.3. The van der Waals surface area contributed by atoms with Crippen molar-refractivity contribution in [2.45, 2.75) is 70.1 Å². The van der Waals surface area contributed by atoms with Gasteiger partial charge in [0.2, 0.25) is 0 Å². The molecule has 168 valence electrons. The fourth-order valence-corrected chi connectivity index (χ4v) is 7.35. The summed E-state index contributed by atoms with van der Waals surface area (Å²) in [6, 6.07) is 16.7. The van der Waals surface area contributed by atoms with E-state index in [0.717, 1.165) is 12.2 Å². The Kier molecular flexibility index (Phi) is 10.4. The summed E-state index contributed by atoms with van der Waals surface area (Å²) in [7, 11) is 2.04. The summed E-state index contributed by atoms with van der Waals surface area (Å²) >= 11 is 0. The van der Waals surface area contributed by atoms with Crippen LogP contribution in [0.3, 0.4) is 0 Å². The molecule has 2 aromatic rings. The minimum atomic E-state index is -1.64. The summed E-state index contributed by atoms with van der Waals surface area (Å²) in [4.78, 5) is 1.32. The van der Waals surface area contributed by atoms with Crippen molar-refractivity contribution in [1.82, 2.24) is 0 Å². The third-order valence-corrected chi connectivity index (χ3v) is 9.26. The van der Waals surface area contributed by atoms with Gasteiger partial charge in [-0.15, -0.1) is 0 Å². The molecule has 0 N–H and O–H groups in total. The summed E-state index contributed by atoms with van der Waals surface area (Å²) < 4.78 is 24.1. The van der Waals surface area contributed by atoms with E-state index in [0.29, 0.717) is 5.41 Å². The average molecular weight is 435 g/mol. The summed E-state index contributed by atoms with van der Waals surface area (Å²) in [6.07, 6.45) is 10.2. The minimum Gasteiger partial charge on any atom is -0.283 e. The van der Waals surface area contributed by atoms with Gasteiger partial charge >= 0.3 is 0 Å². The Morgan fingerprint density at radius 1 is 0.867 bits per heavy atom. The Labute approximate surface area is 184 Å². The van der Waals surface area contributed by atoms with E-state index in [4.69, 9.17) is 8.37 Å². The lowest BCUT2D eigenvalue weighted by Gasteiger charge is -2.47. The maximum absolute atomic E-state index is 11.9. The summed E-state index contributed by atoms with van der Waals surface area (Å²) in [6.45, 7) is 4.59. The van der Waals surface area contributed by atoms with E-state index in [9.17, 15) is 4.39 Å². The van der Waals surface area contributed by atoms with Crippen molar-refractivity contribution in [3.05, 3.63) is 66.0 Å². The van der Waals surface area contributed by atoms with E-state index in [1.54, 1.807) is 18.2 Å². The van der Waals surface area contributed by atoms with E-state index >= 15 is 0 Å². The van der Waals surface area contributed by atoms with Gasteiger partial charge in [-0.05, 0) is 54.9 Å². The van der Waals surface area contributed by atoms with Crippen molar-refractivity contribution in [3.63, 3.8) is 0 Å². The molecule has 0 atom stereocenters. The van der Waals surface area contributed by atoms with Gasteiger partial charge < -0.3 is 0 Å². The Morgan fingerprint density at radius 2 is 1.43 bits per heavy atom. The van der Waals surface area contributed by atoms with Crippen molar-refractivity contribution in [2.24, 2.45) is 5.41 Å². The molecule has 3 rings (SSSR count). The molecule has 0 saturated heterocycles. The molecule has 0 saturated carbocycles. The number of hydrogen-bond donors (Lipinski definition) is 0. The lowest BCUT2D eigenvalue weighted by molar-refractivity contribution is 0.229. The minimum absolute atomic E-state index is 0.178. The molecule has 2 nitrogen and oxygen atoms in total. The fraction of sp³-hybridized carbons (Fsp3) is 0.538. The molecule has 0 unspecified atom stereocenters. The number of unbranched alkanes of at least 4 members (excludes halogenated alkanes) is 2. The number of benzene rings is 2. The highest BCUT2D eigenvalue weighted by molar-refractivity contribution is 8.26. The van der Waals surface area contributed by atoms with E-state index in [-0.39, 0.29) is 5.82 Å². The molecule has 0 spiro atoms. The molecule has 0 fully saturated rings. The standard InChI is InChI=1S/C20H34O2S.C6H5F/c1-5-7-14-20(15-8-6-2)16-13-18-11-9-10-12-19(18)23(17-20,21-3)22-4;7-6-4-2-1-3-5-6/h9-12H,5-8,13-17H2,1-4H3;1-5H. The van der Waals surface area contributed by atoms with Crippen LogP contribution in [0.2, 0.25) is 0 Å². The SMILES string of the molecule is CCCCC1(CCCC)CCc2ccccc2S(OC)(OC)C1.Fc1ccccc1. The first kappa shape index (κ1) is 24.9. The largest absolute Gasteiger partial charge is 0.283 e. The Bertz CT molecular complexity index is 723. The predicted octanol–water partition coefficient (Wildman–Crippen LogP) is 8.11. The van der Waals surface area contributed by atoms with Crippen LogP contribution in [-0.4, -0.2) is 20.0 Å². The fourth-order valence-electron chi connectivity index (χ4n) is 4.37. The summed E-state index contributed by atoms with van der Waals surface area (Å²) in [5.74, 6) is 0.881. The molecule has 2 aromatic carbocycles. The predicted molar refractivity (Wildman–Crippen MR) is 127 cm³/mol. The normalized spacial score (nSPS) is 17.8. The monoisotopic (exact) mass is 434 g/mol. The Balaban J connectivity index is 0.000000386. The van der Waals surface area contributed by atoms with Crippen LogP contribution in [0.4, 0.5) is 4.39 Å². The average Bonchev–Trinajstić information content (AvgIpc) is 2.93. The number of halogens is 1. The first-order valence-corrected chi connectivity index (χ1v) is 12.9. The molecule has 0 aliphatic carbocycles. The van der Waals surface area contributed by atoms with Gasteiger partial charge in [0.15, 0.2) is 0 Å². The van der Waals surface area contributed by atoms with Crippen LogP contribution in [0.5, 0.6) is 0 Å². The van der Waals surface area contributed by atoms with Crippen LogP contribution < -0.4 is 0 Å². The van der Waals surface area contributed by atoms with Gasteiger partial charge in [0.1, 0.15) is 5.82 Å². The van der Waals surface area contributed by atoms with Gasteiger partial charge in [0.25, 0.3) is 0 Å². The van der Waals surface area contributed by atoms with Crippen LogP contribution in [0.1, 0.15) is 64.4 Å². The first-order chi connectivity index (χ1) is 14.5. The maximum atomic E-state index is 11.9. The van der Waals surface area contributed by atoms with Crippen LogP contribution in [0.15, 0.2) is 59.5 Å². The van der Waals surface area contributed by atoms with E-state index in [2.05, 4.69) is 38.1 Å². The maximum Gasteiger partial charge on any atom is 0.123 e. The van der Waals surface area contributed by atoms with Gasteiger partial charge in [-0.25, -0.2) is 4.39 Å². The molecule has 30 heavy (non-hydrogen) atoms. The molecular formula is C26H39FO2S. The zero-order valence-corrected chi connectivity index (χ0v) is 20.0. The summed E-state index contributed by atoms with van der Waals surface area (Å²) in [5, 5.41) is 0. The highest BCUT2D eigenvalue weighted by Crippen LogP contribution is 2.64. The van der Waals surface area contributed by atoms with Gasteiger partial charge in [-0.1, -0.05) is 75.9 Å². The van der Waals surface area contributed by atoms with Crippen LogP contribution >= 0.6 is 10.6 Å². The molecule has 0 bridgehead atoms. The Morgan fingerprint density at radius 3 is 1.93 bits per heavy atom. The molecule has 1 aliphatic rings. The zero-order valence-electron chi connectivity index (χ0n) is 19.2. The Hall–Kier alpha value is -1.36. The second-order valence-corrected chi connectivity index (χ2v) is 10.8. The number of fused-ring (bicyclic) bond motifs is 1. The number of rotatable bonds is 8. The second kappa shape index (κ2) is 12.5. The van der Waals surface area contributed by atoms with Crippen molar-refractivity contribution in [2.75, 3.05) is 20.0 Å². The molecule has 1 heterocycles. The van der Waals surface area contributed by atoms with Crippen molar-refractivity contribution in [3.8, 4) is 0 Å². The van der Waals surface area contributed by atoms with Crippen LogP contribution in [-0.2, 0) is 14.8 Å². The smallest absolute Gasteiger partial charge is 0.123 e. The molecule has 1 aliphatic heterocycles. The lowest BCUT2D eigenvalue weighted by Crippen LogP contribution is -2.29. The lowest BCUT2D eigenvalue weighted by atomic mass is 9.76.